The SMILES string of the molecule is O=C(Nc1ccccn1)C(S)c1cccc(Cl)c1. The number of benzene rings is 1. The molecule has 0 saturated heterocycles. The van der Waals surface area contributed by atoms with Gasteiger partial charge in [0, 0.05) is 11.2 Å². The number of thiol groups is 1. The fourth-order valence-electron chi connectivity index (χ4n) is 1.46. The molecule has 0 aliphatic rings. The lowest BCUT2D eigenvalue weighted by molar-refractivity contribution is -0.115. The number of nitrogens with zero attached hydrogens (tertiary/aromatic N) is 1. The number of nitrogens with one attached hydrogen (secondary N) is 1. The lowest BCUT2D eigenvalue weighted by Crippen LogP contribution is -2.18. The van der Waals surface area contributed by atoms with E-state index in [1.165, 1.54) is 0 Å². The summed E-state index contributed by atoms with van der Waals surface area (Å²) in [4.78, 5) is 16.0. The first kappa shape index (κ1) is 12.9. The van der Waals surface area contributed by atoms with Crippen molar-refractivity contribution in [2.24, 2.45) is 0 Å². The number of hydrogen-bond donors (Lipinski definition) is 2. The van der Waals surface area contributed by atoms with E-state index in [-0.39, 0.29) is 5.91 Å². The molecule has 0 radical (unpaired) electrons. The van der Waals surface area contributed by atoms with Crippen molar-refractivity contribution in [2.45, 2.75) is 5.25 Å². The molecule has 1 amide bonds. The zero-order valence-corrected chi connectivity index (χ0v) is 11.0. The summed E-state index contributed by atoms with van der Waals surface area (Å²) in [6, 6.07) is 12.4. The van der Waals surface area contributed by atoms with Gasteiger partial charge >= 0.3 is 0 Å². The molecule has 0 aliphatic heterocycles. The largest absolute Gasteiger partial charge is 0.309 e. The van der Waals surface area contributed by atoms with Gasteiger partial charge in [0.25, 0.3) is 0 Å². The predicted octanol–water partition coefficient (Wildman–Crippen LogP) is 3.34. The molecule has 5 heteroatoms. The molecule has 2 aromatic rings. The minimum Gasteiger partial charge on any atom is -0.309 e. The molecule has 0 spiro atoms. The second-order valence-corrected chi connectivity index (χ2v) is 4.61. The monoisotopic (exact) mass is 278 g/mol. The Morgan fingerprint density at radius 1 is 1.28 bits per heavy atom. The highest BCUT2D eigenvalue weighted by atomic mass is 35.5. The molecule has 0 saturated carbocycles. The van der Waals surface area contributed by atoms with Gasteiger partial charge in [-0.25, -0.2) is 4.98 Å². The van der Waals surface area contributed by atoms with E-state index >= 15 is 0 Å². The van der Waals surface area contributed by atoms with Crippen LogP contribution in [0.5, 0.6) is 0 Å². The van der Waals surface area contributed by atoms with Gasteiger partial charge in [0.05, 0.1) is 0 Å². The maximum Gasteiger partial charge on any atom is 0.242 e. The molecule has 92 valence electrons. The molecule has 1 unspecified atom stereocenters. The lowest BCUT2D eigenvalue weighted by atomic mass is 10.1. The van der Waals surface area contributed by atoms with Gasteiger partial charge in [-0.3, -0.25) is 4.79 Å². The van der Waals surface area contributed by atoms with Crippen LogP contribution in [0.4, 0.5) is 5.82 Å². The van der Waals surface area contributed by atoms with E-state index < -0.39 is 5.25 Å². The van der Waals surface area contributed by atoms with Crippen molar-refractivity contribution >= 4 is 36.0 Å². The first-order valence-corrected chi connectivity index (χ1v) is 6.21. The fraction of sp³-hybridized carbons (Fsp3) is 0.0769. The van der Waals surface area contributed by atoms with Crippen LogP contribution in [-0.4, -0.2) is 10.9 Å². The van der Waals surface area contributed by atoms with E-state index in [0.29, 0.717) is 10.8 Å². The van der Waals surface area contributed by atoms with Crippen LogP contribution in [0.25, 0.3) is 0 Å². The molecule has 1 heterocycles. The summed E-state index contributed by atoms with van der Waals surface area (Å²) in [5, 5.41) is 2.69. The van der Waals surface area contributed by atoms with E-state index in [9.17, 15) is 4.79 Å². The fourth-order valence-corrected chi connectivity index (χ4v) is 1.88. The molecular formula is C13H11ClN2OS. The summed E-state index contributed by atoms with van der Waals surface area (Å²) in [5.41, 5.74) is 0.749. The second kappa shape index (κ2) is 5.89. The number of amides is 1. The maximum absolute atomic E-state index is 12.0. The molecule has 1 aromatic carbocycles. The zero-order valence-electron chi connectivity index (χ0n) is 9.38. The van der Waals surface area contributed by atoms with Crippen molar-refractivity contribution in [3.05, 3.63) is 59.2 Å². The number of carbonyl (C=O) groups excluding carboxylic acids is 1. The highest BCUT2D eigenvalue weighted by Crippen LogP contribution is 2.24. The second-order valence-electron chi connectivity index (χ2n) is 3.66. The number of rotatable bonds is 3. The van der Waals surface area contributed by atoms with Crippen LogP contribution in [0.15, 0.2) is 48.7 Å². The topological polar surface area (TPSA) is 42.0 Å². The molecule has 1 atom stereocenters. The predicted molar refractivity (Wildman–Crippen MR) is 76.0 cm³/mol. The van der Waals surface area contributed by atoms with Gasteiger partial charge in [0.2, 0.25) is 5.91 Å². The van der Waals surface area contributed by atoms with E-state index in [4.69, 9.17) is 11.6 Å². The van der Waals surface area contributed by atoms with Crippen molar-refractivity contribution in [1.82, 2.24) is 4.98 Å². The molecular weight excluding hydrogens is 268 g/mol. The Kier molecular flexibility index (Phi) is 4.23. The minimum absolute atomic E-state index is 0.237. The molecule has 0 fully saturated rings. The van der Waals surface area contributed by atoms with Crippen molar-refractivity contribution in [3.63, 3.8) is 0 Å². The summed E-state index contributed by atoms with van der Waals surface area (Å²) < 4.78 is 0. The van der Waals surface area contributed by atoms with Crippen molar-refractivity contribution in [2.75, 3.05) is 5.32 Å². The van der Waals surface area contributed by atoms with E-state index in [1.54, 1.807) is 42.6 Å². The Hall–Kier alpha value is -1.52. The number of anilines is 1. The molecule has 18 heavy (non-hydrogen) atoms. The molecule has 3 nitrogen and oxygen atoms in total. The number of hydrogen-bond acceptors (Lipinski definition) is 3. The van der Waals surface area contributed by atoms with Crippen LogP contribution in [0, 0.1) is 0 Å². The Morgan fingerprint density at radius 3 is 2.78 bits per heavy atom. The van der Waals surface area contributed by atoms with Crippen LogP contribution < -0.4 is 5.32 Å². The van der Waals surface area contributed by atoms with E-state index in [2.05, 4.69) is 22.9 Å². The first-order valence-electron chi connectivity index (χ1n) is 5.32. The van der Waals surface area contributed by atoms with Gasteiger partial charge in [-0.15, -0.1) is 0 Å². The number of pyridine rings is 1. The third-order valence-electron chi connectivity index (χ3n) is 2.33. The maximum atomic E-state index is 12.0. The summed E-state index contributed by atoms with van der Waals surface area (Å²) in [7, 11) is 0. The zero-order chi connectivity index (χ0) is 13.0. The Balaban J connectivity index is 2.10. The quantitative estimate of drug-likeness (QED) is 0.846. The normalized spacial score (nSPS) is 11.9. The van der Waals surface area contributed by atoms with Gasteiger partial charge < -0.3 is 5.32 Å². The lowest BCUT2D eigenvalue weighted by Gasteiger charge is -2.11. The molecule has 1 aromatic heterocycles. The first-order chi connectivity index (χ1) is 8.66. The molecule has 2 rings (SSSR count). The highest BCUT2D eigenvalue weighted by Gasteiger charge is 2.16. The van der Waals surface area contributed by atoms with Gasteiger partial charge in [0.15, 0.2) is 0 Å². The summed E-state index contributed by atoms with van der Waals surface area (Å²) >= 11 is 10.2. The highest BCUT2D eigenvalue weighted by molar-refractivity contribution is 7.81. The third-order valence-corrected chi connectivity index (χ3v) is 3.10. The molecule has 0 aliphatic carbocycles. The van der Waals surface area contributed by atoms with Gasteiger partial charge in [-0.2, -0.15) is 12.6 Å². The van der Waals surface area contributed by atoms with Crippen LogP contribution in [-0.2, 0) is 4.79 Å². The van der Waals surface area contributed by atoms with Crippen molar-refractivity contribution < 1.29 is 4.79 Å². The Morgan fingerprint density at radius 2 is 2.11 bits per heavy atom. The smallest absolute Gasteiger partial charge is 0.242 e. The van der Waals surface area contributed by atoms with Crippen LogP contribution in [0.1, 0.15) is 10.8 Å². The number of carbonyl (C=O) groups is 1. The minimum atomic E-state index is -0.578. The van der Waals surface area contributed by atoms with E-state index in [0.717, 1.165) is 5.56 Å². The third kappa shape index (κ3) is 3.24. The average Bonchev–Trinajstić information content (AvgIpc) is 2.39. The van der Waals surface area contributed by atoms with Crippen LogP contribution in [0.2, 0.25) is 5.02 Å². The number of halogens is 1. The van der Waals surface area contributed by atoms with Gasteiger partial charge in [-0.1, -0.05) is 29.8 Å². The van der Waals surface area contributed by atoms with Crippen LogP contribution >= 0.6 is 24.2 Å². The van der Waals surface area contributed by atoms with Gasteiger partial charge in [-0.05, 0) is 29.8 Å². The summed E-state index contributed by atoms with van der Waals surface area (Å²) in [5.74, 6) is 0.267. The van der Waals surface area contributed by atoms with Crippen molar-refractivity contribution in [1.29, 1.82) is 0 Å². The Bertz CT molecular complexity index is 548. The summed E-state index contributed by atoms with van der Waals surface area (Å²) in [6.45, 7) is 0. The van der Waals surface area contributed by atoms with Crippen molar-refractivity contribution in [3.8, 4) is 0 Å². The average molecular weight is 279 g/mol. The molecule has 0 bridgehead atoms. The number of aromatic nitrogens is 1. The van der Waals surface area contributed by atoms with Gasteiger partial charge in [0.1, 0.15) is 11.1 Å². The van der Waals surface area contributed by atoms with Crippen LogP contribution in [0.3, 0.4) is 0 Å². The summed E-state index contributed by atoms with van der Waals surface area (Å²) in [6.07, 6.45) is 1.61. The standard InChI is InChI=1S/C13H11ClN2OS/c14-10-5-3-4-9(8-10)12(18)13(17)16-11-6-1-2-7-15-11/h1-8,12,18H,(H,15,16,17). The van der Waals surface area contributed by atoms with E-state index in [1.807, 2.05) is 6.07 Å². The Labute approximate surface area is 116 Å². The molecule has 1 N–H and O–H groups in total.